The second-order valence-corrected chi connectivity index (χ2v) is 5.25. The SMILES string of the molecule is CC(=O)N1CCN(CC2CCCO2)C(=O)C1CC(=O)O. The van der Waals surface area contributed by atoms with Crippen molar-refractivity contribution >= 4 is 17.8 Å². The van der Waals surface area contributed by atoms with Gasteiger partial charge in [-0.05, 0) is 12.8 Å². The zero-order valence-corrected chi connectivity index (χ0v) is 11.6. The number of carbonyl (C=O) groups excluding carboxylic acids is 2. The molecule has 0 bridgehead atoms. The highest BCUT2D eigenvalue weighted by molar-refractivity contribution is 5.91. The summed E-state index contributed by atoms with van der Waals surface area (Å²) in [5.41, 5.74) is 0. The molecule has 2 fully saturated rings. The molecule has 7 nitrogen and oxygen atoms in total. The summed E-state index contributed by atoms with van der Waals surface area (Å²) in [6, 6.07) is -0.889. The number of aliphatic carboxylic acids is 1. The Morgan fingerprint density at radius 1 is 1.40 bits per heavy atom. The van der Waals surface area contributed by atoms with E-state index in [1.807, 2.05) is 0 Å². The molecule has 2 heterocycles. The van der Waals surface area contributed by atoms with Crippen molar-refractivity contribution in [3.63, 3.8) is 0 Å². The van der Waals surface area contributed by atoms with Gasteiger partial charge in [0, 0.05) is 33.2 Å². The van der Waals surface area contributed by atoms with E-state index >= 15 is 0 Å². The van der Waals surface area contributed by atoms with Crippen molar-refractivity contribution in [2.24, 2.45) is 0 Å². The summed E-state index contributed by atoms with van der Waals surface area (Å²) >= 11 is 0. The van der Waals surface area contributed by atoms with Gasteiger partial charge in [-0.15, -0.1) is 0 Å². The van der Waals surface area contributed by atoms with Gasteiger partial charge in [0.05, 0.1) is 12.5 Å². The molecule has 0 saturated carbocycles. The average molecular weight is 284 g/mol. The normalized spacial score (nSPS) is 26.9. The van der Waals surface area contributed by atoms with E-state index in [2.05, 4.69) is 0 Å². The zero-order chi connectivity index (χ0) is 14.7. The Bertz CT molecular complexity index is 406. The molecule has 1 N–H and O–H groups in total. The smallest absolute Gasteiger partial charge is 0.305 e. The zero-order valence-electron chi connectivity index (χ0n) is 11.6. The van der Waals surface area contributed by atoms with Crippen LogP contribution in [-0.2, 0) is 19.1 Å². The van der Waals surface area contributed by atoms with Crippen LogP contribution in [0.25, 0.3) is 0 Å². The molecule has 2 aliphatic rings. The van der Waals surface area contributed by atoms with Crippen molar-refractivity contribution < 1.29 is 24.2 Å². The minimum absolute atomic E-state index is 0.0355. The number of amides is 2. The van der Waals surface area contributed by atoms with Gasteiger partial charge in [0.15, 0.2) is 0 Å². The van der Waals surface area contributed by atoms with Gasteiger partial charge in [-0.2, -0.15) is 0 Å². The Morgan fingerprint density at radius 2 is 2.15 bits per heavy atom. The summed E-state index contributed by atoms with van der Waals surface area (Å²) in [6.07, 6.45) is 1.60. The van der Waals surface area contributed by atoms with Crippen LogP contribution in [0.15, 0.2) is 0 Å². The Labute approximate surface area is 117 Å². The van der Waals surface area contributed by atoms with E-state index in [1.165, 1.54) is 11.8 Å². The molecule has 2 aliphatic heterocycles. The van der Waals surface area contributed by atoms with E-state index in [4.69, 9.17) is 9.84 Å². The van der Waals surface area contributed by atoms with Gasteiger partial charge in [-0.3, -0.25) is 14.4 Å². The quantitative estimate of drug-likeness (QED) is 0.766. The molecule has 112 valence electrons. The number of carboxylic acids is 1. The first-order valence-electron chi connectivity index (χ1n) is 6.88. The minimum atomic E-state index is -1.08. The fraction of sp³-hybridized carbons (Fsp3) is 0.769. The van der Waals surface area contributed by atoms with Crippen LogP contribution >= 0.6 is 0 Å². The van der Waals surface area contributed by atoms with Crippen molar-refractivity contribution in [2.75, 3.05) is 26.2 Å². The van der Waals surface area contributed by atoms with E-state index in [9.17, 15) is 14.4 Å². The first-order valence-corrected chi connectivity index (χ1v) is 6.88. The van der Waals surface area contributed by atoms with Crippen LogP contribution in [0.2, 0.25) is 0 Å². The molecular formula is C13H20N2O5. The fourth-order valence-electron chi connectivity index (χ4n) is 2.79. The minimum Gasteiger partial charge on any atom is -0.481 e. The number of carbonyl (C=O) groups is 3. The average Bonchev–Trinajstić information content (AvgIpc) is 2.86. The van der Waals surface area contributed by atoms with Gasteiger partial charge in [0.25, 0.3) is 0 Å². The Hall–Kier alpha value is -1.63. The lowest BCUT2D eigenvalue weighted by atomic mass is 10.1. The summed E-state index contributed by atoms with van der Waals surface area (Å²) in [5.74, 6) is -1.63. The predicted molar refractivity (Wildman–Crippen MR) is 69.0 cm³/mol. The third kappa shape index (κ3) is 3.27. The molecule has 2 atom stereocenters. The molecule has 0 aromatic heterocycles. The number of nitrogens with zero attached hydrogens (tertiary/aromatic N) is 2. The number of hydrogen-bond donors (Lipinski definition) is 1. The summed E-state index contributed by atoms with van der Waals surface area (Å²) in [6.45, 7) is 3.38. The lowest BCUT2D eigenvalue weighted by Crippen LogP contribution is -2.59. The molecule has 0 aromatic carbocycles. The largest absolute Gasteiger partial charge is 0.481 e. The van der Waals surface area contributed by atoms with Crippen molar-refractivity contribution in [1.29, 1.82) is 0 Å². The highest BCUT2D eigenvalue weighted by Crippen LogP contribution is 2.19. The maximum absolute atomic E-state index is 12.4. The number of hydrogen-bond acceptors (Lipinski definition) is 4. The second kappa shape index (κ2) is 6.21. The van der Waals surface area contributed by atoms with Crippen LogP contribution in [0.4, 0.5) is 0 Å². The molecule has 0 aromatic rings. The van der Waals surface area contributed by atoms with E-state index in [-0.39, 0.29) is 24.3 Å². The van der Waals surface area contributed by atoms with Gasteiger partial charge in [0.1, 0.15) is 6.04 Å². The fourth-order valence-corrected chi connectivity index (χ4v) is 2.79. The molecule has 2 rings (SSSR count). The first-order chi connectivity index (χ1) is 9.49. The molecule has 7 heteroatoms. The van der Waals surface area contributed by atoms with Gasteiger partial charge >= 0.3 is 5.97 Å². The molecule has 2 amide bonds. The Kier molecular flexibility index (Phi) is 4.59. The molecular weight excluding hydrogens is 264 g/mol. The van der Waals surface area contributed by atoms with Gasteiger partial charge in [-0.1, -0.05) is 0 Å². The summed E-state index contributed by atoms with van der Waals surface area (Å²) in [4.78, 5) is 37.8. The summed E-state index contributed by atoms with van der Waals surface area (Å²) < 4.78 is 5.50. The highest BCUT2D eigenvalue weighted by atomic mass is 16.5. The molecule has 20 heavy (non-hydrogen) atoms. The first kappa shape index (κ1) is 14.8. The number of rotatable bonds is 4. The lowest BCUT2D eigenvalue weighted by molar-refractivity contribution is -0.155. The maximum Gasteiger partial charge on any atom is 0.305 e. The second-order valence-electron chi connectivity index (χ2n) is 5.25. The van der Waals surface area contributed by atoms with E-state index in [0.29, 0.717) is 26.2 Å². The third-order valence-electron chi connectivity index (χ3n) is 3.80. The van der Waals surface area contributed by atoms with Crippen LogP contribution in [0.3, 0.4) is 0 Å². The van der Waals surface area contributed by atoms with Crippen molar-refractivity contribution in [1.82, 2.24) is 9.80 Å². The van der Waals surface area contributed by atoms with Crippen LogP contribution in [0.5, 0.6) is 0 Å². The monoisotopic (exact) mass is 284 g/mol. The predicted octanol–water partition coefficient (Wildman–Crippen LogP) is -0.301. The summed E-state index contributed by atoms with van der Waals surface area (Å²) in [7, 11) is 0. The van der Waals surface area contributed by atoms with Crippen molar-refractivity contribution in [2.45, 2.75) is 38.3 Å². The molecule has 2 saturated heterocycles. The van der Waals surface area contributed by atoms with Crippen LogP contribution in [0, 0.1) is 0 Å². The highest BCUT2D eigenvalue weighted by Gasteiger charge is 2.38. The number of carboxylic acid groups (broad SMARTS) is 1. The van der Waals surface area contributed by atoms with E-state index in [1.54, 1.807) is 4.90 Å². The lowest BCUT2D eigenvalue weighted by Gasteiger charge is -2.40. The van der Waals surface area contributed by atoms with Crippen LogP contribution in [-0.4, -0.2) is 71.1 Å². The van der Waals surface area contributed by atoms with Gasteiger partial charge < -0.3 is 19.6 Å². The molecule has 0 spiro atoms. The summed E-state index contributed by atoms with van der Waals surface area (Å²) in [5, 5.41) is 8.92. The molecule has 2 unspecified atom stereocenters. The van der Waals surface area contributed by atoms with Crippen molar-refractivity contribution in [3.8, 4) is 0 Å². The Balaban J connectivity index is 2.04. The topological polar surface area (TPSA) is 87.2 Å². The standard InChI is InChI=1S/C13H20N2O5/c1-9(16)15-5-4-14(8-10-3-2-6-20-10)13(19)11(15)7-12(17)18/h10-11H,2-8H2,1H3,(H,17,18). The van der Waals surface area contributed by atoms with Gasteiger partial charge in [0.2, 0.25) is 11.8 Å². The maximum atomic E-state index is 12.4. The Morgan fingerprint density at radius 3 is 2.70 bits per heavy atom. The molecule has 0 radical (unpaired) electrons. The van der Waals surface area contributed by atoms with E-state index in [0.717, 1.165) is 12.8 Å². The number of ether oxygens (including phenoxy) is 1. The molecule has 0 aliphatic carbocycles. The van der Waals surface area contributed by atoms with Crippen LogP contribution < -0.4 is 0 Å². The third-order valence-corrected chi connectivity index (χ3v) is 3.80. The van der Waals surface area contributed by atoms with Crippen molar-refractivity contribution in [3.05, 3.63) is 0 Å². The van der Waals surface area contributed by atoms with Crippen LogP contribution in [0.1, 0.15) is 26.2 Å². The van der Waals surface area contributed by atoms with Gasteiger partial charge in [-0.25, -0.2) is 0 Å². The van der Waals surface area contributed by atoms with E-state index < -0.39 is 12.0 Å². The number of piperazine rings is 1.